The maximum Gasteiger partial charge on any atom is 0.267 e. The van der Waals surface area contributed by atoms with E-state index < -0.39 is 10.0 Å². The van der Waals surface area contributed by atoms with Crippen molar-refractivity contribution in [1.82, 2.24) is 25.1 Å². The van der Waals surface area contributed by atoms with Crippen LogP contribution in [0.5, 0.6) is 0 Å². The summed E-state index contributed by atoms with van der Waals surface area (Å²) in [5.74, 6) is 0.248. The lowest BCUT2D eigenvalue weighted by Gasteiger charge is -2.05. The second kappa shape index (κ2) is 5.52. The van der Waals surface area contributed by atoms with Crippen LogP contribution in [0.15, 0.2) is 29.7 Å². The van der Waals surface area contributed by atoms with Gasteiger partial charge < -0.3 is 5.32 Å². The minimum atomic E-state index is -3.81. The summed E-state index contributed by atoms with van der Waals surface area (Å²) in [7, 11) is -3.81. The van der Waals surface area contributed by atoms with E-state index in [0.717, 1.165) is 0 Å². The smallest absolute Gasteiger partial charge is 0.267 e. The molecule has 0 spiro atoms. The second-order valence-corrected chi connectivity index (χ2v) is 5.03. The molecule has 0 saturated carbocycles. The van der Waals surface area contributed by atoms with Crippen molar-refractivity contribution < 1.29 is 8.42 Å². The van der Waals surface area contributed by atoms with Gasteiger partial charge in [-0.1, -0.05) is 0 Å². The van der Waals surface area contributed by atoms with Crippen molar-refractivity contribution in [3.05, 3.63) is 24.8 Å². The Kier molecular flexibility index (Phi) is 3.80. The number of hydrogen-bond acceptors (Lipinski definition) is 8. The summed E-state index contributed by atoms with van der Waals surface area (Å²) in [4.78, 5) is 11.4. The molecule has 0 aromatic carbocycles. The number of nitrogens with one attached hydrogen (secondary N) is 2. The Balaban J connectivity index is 2.20. The van der Waals surface area contributed by atoms with E-state index in [9.17, 15) is 8.42 Å². The first-order valence-electron chi connectivity index (χ1n) is 5.34. The minimum absolute atomic E-state index is 0.0818. The van der Waals surface area contributed by atoms with Crippen LogP contribution in [-0.4, -0.2) is 40.1 Å². The Morgan fingerprint density at radius 1 is 1.11 bits per heavy atom. The van der Waals surface area contributed by atoms with Crippen LogP contribution in [0.1, 0.15) is 6.92 Å². The minimum Gasteiger partial charge on any atom is -0.355 e. The molecular formula is C9H11N7O2S. The van der Waals surface area contributed by atoms with Gasteiger partial charge in [-0.05, 0) is 6.92 Å². The van der Waals surface area contributed by atoms with Gasteiger partial charge >= 0.3 is 0 Å². The van der Waals surface area contributed by atoms with Crippen LogP contribution in [-0.2, 0) is 10.0 Å². The molecular weight excluding hydrogens is 270 g/mol. The van der Waals surface area contributed by atoms with E-state index in [0.29, 0.717) is 12.5 Å². The van der Waals surface area contributed by atoms with Crippen molar-refractivity contribution in [3.63, 3.8) is 0 Å². The van der Waals surface area contributed by atoms with E-state index in [2.05, 4.69) is 35.2 Å². The molecule has 2 aromatic heterocycles. The highest BCUT2D eigenvalue weighted by Crippen LogP contribution is 2.10. The Bertz CT molecular complexity index is 629. The van der Waals surface area contributed by atoms with E-state index in [4.69, 9.17) is 0 Å². The maximum absolute atomic E-state index is 12.0. The molecule has 2 heterocycles. The van der Waals surface area contributed by atoms with Crippen molar-refractivity contribution in [3.8, 4) is 0 Å². The van der Waals surface area contributed by atoms with Crippen molar-refractivity contribution >= 4 is 21.9 Å². The average molecular weight is 281 g/mol. The van der Waals surface area contributed by atoms with Gasteiger partial charge in [0.25, 0.3) is 16.0 Å². The Morgan fingerprint density at radius 2 is 1.84 bits per heavy atom. The third-order valence-electron chi connectivity index (χ3n) is 1.98. The van der Waals surface area contributed by atoms with Gasteiger partial charge in [0, 0.05) is 6.54 Å². The van der Waals surface area contributed by atoms with Gasteiger partial charge in [0.2, 0.25) is 5.95 Å². The van der Waals surface area contributed by atoms with Gasteiger partial charge in [-0.2, -0.15) is 5.10 Å². The van der Waals surface area contributed by atoms with Crippen LogP contribution in [0.2, 0.25) is 0 Å². The summed E-state index contributed by atoms with van der Waals surface area (Å²) in [5, 5.41) is 9.92. The summed E-state index contributed by atoms with van der Waals surface area (Å²) in [6, 6.07) is 0. The molecule has 10 heteroatoms. The van der Waals surface area contributed by atoms with Crippen LogP contribution in [0, 0.1) is 0 Å². The summed E-state index contributed by atoms with van der Waals surface area (Å²) in [6.45, 7) is 2.53. The Morgan fingerprint density at radius 3 is 2.42 bits per heavy atom. The van der Waals surface area contributed by atoms with Crippen LogP contribution in [0.25, 0.3) is 0 Å². The molecule has 0 aliphatic heterocycles. The average Bonchev–Trinajstić information content (AvgIpc) is 2.40. The number of rotatable bonds is 5. The molecule has 0 fully saturated rings. The van der Waals surface area contributed by atoms with E-state index in [1.807, 2.05) is 6.92 Å². The van der Waals surface area contributed by atoms with Crippen molar-refractivity contribution in [2.24, 2.45) is 0 Å². The number of nitrogens with zero attached hydrogens (tertiary/aromatic N) is 5. The zero-order valence-corrected chi connectivity index (χ0v) is 10.8. The summed E-state index contributed by atoms with van der Waals surface area (Å²) in [6.07, 6.45) is 5.06. The standard InChI is InChI=1S/C9H11N7O2S/c1-2-10-8-12-5-7(6-13-8)19(17,18)16-9-11-3-4-14-15-9/h3-6H,2H2,1H3,(H,10,12,13)(H,11,15,16). The molecule has 2 aromatic rings. The molecule has 19 heavy (non-hydrogen) atoms. The topological polar surface area (TPSA) is 123 Å². The van der Waals surface area contributed by atoms with Gasteiger partial charge in [0.05, 0.1) is 24.8 Å². The lowest BCUT2D eigenvalue weighted by atomic mass is 10.6. The molecule has 0 aliphatic rings. The lowest BCUT2D eigenvalue weighted by Crippen LogP contribution is -2.16. The lowest BCUT2D eigenvalue weighted by molar-refractivity contribution is 0.599. The fraction of sp³-hybridized carbons (Fsp3) is 0.222. The normalized spacial score (nSPS) is 11.0. The Hall–Kier alpha value is -2.36. The van der Waals surface area contributed by atoms with Crippen molar-refractivity contribution in [1.29, 1.82) is 0 Å². The molecule has 100 valence electrons. The molecule has 0 aliphatic carbocycles. The highest BCUT2D eigenvalue weighted by Gasteiger charge is 2.16. The van der Waals surface area contributed by atoms with Crippen molar-refractivity contribution in [2.45, 2.75) is 11.8 Å². The molecule has 0 radical (unpaired) electrons. The predicted octanol–water partition coefficient (Wildman–Crippen LogP) is -0.106. The maximum atomic E-state index is 12.0. The number of anilines is 2. The molecule has 0 saturated heterocycles. The first-order valence-corrected chi connectivity index (χ1v) is 6.82. The third kappa shape index (κ3) is 3.31. The predicted molar refractivity (Wildman–Crippen MR) is 66.8 cm³/mol. The summed E-state index contributed by atoms with van der Waals surface area (Å²) < 4.78 is 26.1. The van der Waals surface area contributed by atoms with E-state index in [-0.39, 0.29) is 10.8 Å². The first-order chi connectivity index (χ1) is 9.12. The highest BCUT2D eigenvalue weighted by molar-refractivity contribution is 7.92. The monoisotopic (exact) mass is 281 g/mol. The SMILES string of the molecule is CCNc1ncc(S(=O)(=O)Nc2nccnn2)cn1. The largest absolute Gasteiger partial charge is 0.355 e. The second-order valence-electron chi connectivity index (χ2n) is 3.34. The molecule has 2 rings (SSSR count). The van der Waals surface area contributed by atoms with Crippen LogP contribution >= 0.6 is 0 Å². The van der Waals surface area contributed by atoms with Crippen LogP contribution in [0.4, 0.5) is 11.9 Å². The third-order valence-corrected chi connectivity index (χ3v) is 3.26. The quantitative estimate of drug-likeness (QED) is 0.778. The summed E-state index contributed by atoms with van der Waals surface area (Å²) in [5.41, 5.74) is 0. The zero-order valence-electron chi connectivity index (χ0n) is 9.98. The van der Waals surface area contributed by atoms with Gasteiger partial charge in [-0.15, -0.1) is 5.10 Å². The Labute approximate surface area is 109 Å². The van der Waals surface area contributed by atoms with Crippen molar-refractivity contribution in [2.75, 3.05) is 16.6 Å². The van der Waals surface area contributed by atoms with Gasteiger partial charge in [-0.25, -0.2) is 28.1 Å². The molecule has 0 bridgehead atoms. The zero-order chi connectivity index (χ0) is 13.7. The molecule has 0 unspecified atom stereocenters. The molecule has 2 N–H and O–H groups in total. The number of hydrogen-bond donors (Lipinski definition) is 2. The molecule has 0 atom stereocenters. The number of sulfonamides is 1. The van der Waals surface area contributed by atoms with Crippen LogP contribution < -0.4 is 10.0 Å². The van der Waals surface area contributed by atoms with Gasteiger partial charge in [0.1, 0.15) is 4.90 Å². The highest BCUT2D eigenvalue weighted by atomic mass is 32.2. The summed E-state index contributed by atoms with van der Waals surface area (Å²) >= 11 is 0. The first kappa shape index (κ1) is 13.1. The van der Waals surface area contributed by atoms with Gasteiger partial charge in [-0.3, -0.25) is 0 Å². The van der Waals surface area contributed by atoms with E-state index in [1.54, 1.807) is 0 Å². The van der Waals surface area contributed by atoms with Crippen LogP contribution in [0.3, 0.4) is 0 Å². The molecule has 0 amide bonds. The fourth-order valence-corrected chi connectivity index (χ4v) is 2.01. The van der Waals surface area contributed by atoms with E-state index in [1.165, 1.54) is 24.8 Å². The van der Waals surface area contributed by atoms with E-state index >= 15 is 0 Å². The fourth-order valence-electron chi connectivity index (χ4n) is 1.18. The van der Waals surface area contributed by atoms with Gasteiger partial charge in [0.15, 0.2) is 0 Å². The number of aromatic nitrogens is 5. The molecule has 9 nitrogen and oxygen atoms in total.